The number of hydrogen-bond donors (Lipinski definition) is 4. The molecule has 0 spiro atoms. The van der Waals surface area contributed by atoms with Crippen LogP contribution in [0.1, 0.15) is 49.3 Å². The van der Waals surface area contributed by atoms with Crippen molar-refractivity contribution >= 4 is 45.6 Å². The van der Waals surface area contributed by atoms with E-state index in [-0.39, 0.29) is 41.9 Å². The number of pyridine rings is 2. The highest BCUT2D eigenvalue weighted by molar-refractivity contribution is 5.92. The average Bonchev–Trinajstić information content (AvgIpc) is 3.90. The minimum atomic E-state index is -0.956. The fraction of sp³-hybridized carbons (Fsp3) is 0.523. The monoisotopic (exact) mass is 833 g/mol. The first-order chi connectivity index (χ1) is 29.6. The summed E-state index contributed by atoms with van der Waals surface area (Å²) in [6.45, 7) is 9.14. The number of aromatic amines is 2. The number of fused-ring (bicyclic) bond motifs is 2. The summed E-state index contributed by atoms with van der Waals surface area (Å²) in [4.78, 5) is 78.1. The number of amides is 4. The molecule has 0 bridgehead atoms. The quantitative estimate of drug-likeness (QED) is 0.138. The predicted molar refractivity (Wildman–Crippen MR) is 234 cm³/mol. The summed E-state index contributed by atoms with van der Waals surface area (Å²) < 4.78 is 1.74. The zero-order chi connectivity index (χ0) is 42.5. The highest BCUT2D eigenvalue weighted by Crippen LogP contribution is 2.27. The number of rotatable bonds is 13. The van der Waals surface area contributed by atoms with Gasteiger partial charge in [0.05, 0.1) is 17.2 Å². The van der Waals surface area contributed by atoms with E-state index in [4.69, 9.17) is 0 Å². The molecule has 5 aromatic rings. The Kier molecular flexibility index (Phi) is 12.9. The van der Waals surface area contributed by atoms with Crippen LogP contribution in [0.2, 0.25) is 0 Å². The summed E-state index contributed by atoms with van der Waals surface area (Å²) in [7, 11) is 4.18. The minimum absolute atomic E-state index is 0.0803. The summed E-state index contributed by atoms with van der Waals surface area (Å²) in [5.41, 5.74) is 4.92. The summed E-state index contributed by atoms with van der Waals surface area (Å²) in [5, 5.41) is 14.5. The van der Waals surface area contributed by atoms with Crippen LogP contribution >= 0.6 is 0 Å². The Morgan fingerprint density at radius 3 is 2.38 bits per heavy atom. The van der Waals surface area contributed by atoms with E-state index in [0.717, 1.165) is 72.3 Å². The van der Waals surface area contributed by atoms with Gasteiger partial charge in [-0.15, -0.1) is 0 Å². The van der Waals surface area contributed by atoms with Crippen LogP contribution in [0.25, 0.3) is 22.1 Å². The smallest absolute Gasteiger partial charge is 0.327 e. The van der Waals surface area contributed by atoms with Crippen molar-refractivity contribution in [3.63, 3.8) is 0 Å². The van der Waals surface area contributed by atoms with E-state index in [0.29, 0.717) is 64.2 Å². The summed E-state index contributed by atoms with van der Waals surface area (Å²) in [6.07, 6.45) is 10.8. The Bertz CT molecular complexity index is 2340. The normalized spacial score (nSPS) is 18.2. The van der Waals surface area contributed by atoms with Gasteiger partial charge in [0, 0.05) is 94.5 Å². The van der Waals surface area contributed by atoms with Crippen LogP contribution < -0.4 is 21.2 Å². The number of likely N-dealkylation sites (N-methyl/N-ethyl adjacent to an activating group) is 1. The number of aromatic nitrogens is 6. The number of anilines is 1. The van der Waals surface area contributed by atoms with Crippen molar-refractivity contribution in [1.29, 1.82) is 0 Å². The van der Waals surface area contributed by atoms with Crippen molar-refractivity contribution in [2.45, 2.75) is 63.6 Å². The maximum atomic E-state index is 14.7. The van der Waals surface area contributed by atoms with Crippen LogP contribution in [0.15, 0.2) is 66.0 Å². The first kappa shape index (κ1) is 41.9. The minimum Gasteiger partial charge on any atom is -0.368 e. The molecule has 17 nitrogen and oxygen atoms in total. The number of benzene rings is 1. The molecule has 0 unspecified atom stereocenters. The van der Waals surface area contributed by atoms with Gasteiger partial charge in [-0.25, -0.2) is 14.6 Å². The van der Waals surface area contributed by atoms with E-state index in [1.54, 1.807) is 34.3 Å². The number of carbonyl (C=O) groups is 3. The molecule has 0 aliphatic carbocycles. The number of piperidine rings is 2. The van der Waals surface area contributed by atoms with Gasteiger partial charge in [0.15, 0.2) is 5.65 Å². The van der Waals surface area contributed by atoms with Crippen molar-refractivity contribution in [2.75, 3.05) is 84.4 Å². The topological polar surface area (TPSA) is 184 Å². The number of aryl methyl sites for hydroxylation is 1. The van der Waals surface area contributed by atoms with Gasteiger partial charge in [0.2, 0.25) is 11.8 Å². The predicted octanol–water partition coefficient (Wildman–Crippen LogP) is 2.76. The van der Waals surface area contributed by atoms with Crippen molar-refractivity contribution in [1.82, 2.24) is 59.9 Å². The third-order valence-corrected chi connectivity index (χ3v) is 12.8. The zero-order valence-corrected chi connectivity index (χ0v) is 35.6. The largest absolute Gasteiger partial charge is 0.368 e. The van der Waals surface area contributed by atoms with Gasteiger partial charge in [-0.3, -0.25) is 29.2 Å². The van der Waals surface area contributed by atoms with Gasteiger partial charge in [0.1, 0.15) is 12.1 Å². The SMILES string of the molecule is Cc1cc(C[C@H](NC(=O)N2CCC(n3c(=O)[nH]c4ncccc43)CC2)C(=O)N[C@H](CC2CCN(CCN(C)C)CC2)C(=O)N2CCN(c3ccncc3)CC2)cc2cn[nH]c12. The molecule has 3 saturated heterocycles. The molecule has 1 aromatic carbocycles. The van der Waals surface area contributed by atoms with Crippen molar-refractivity contribution < 1.29 is 14.4 Å². The lowest BCUT2D eigenvalue weighted by Gasteiger charge is -2.39. The van der Waals surface area contributed by atoms with E-state index >= 15 is 0 Å². The van der Waals surface area contributed by atoms with Crippen LogP contribution in [-0.4, -0.2) is 159 Å². The second-order valence-electron chi connectivity index (χ2n) is 17.2. The Morgan fingerprint density at radius 2 is 1.64 bits per heavy atom. The average molecular weight is 834 g/mol. The van der Waals surface area contributed by atoms with Gasteiger partial charge < -0.3 is 35.1 Å². The van der Waals surface area contributed by atoms with Gasteiger partial charge in [-0.1, -0.05) is 6.07 Å². The van der Waals surface area contributed by atoms with Gasteiger partial charge in [-0.2, -0.15) is 5.10 Å². The maximum absolute atomic E-state index is 14.7. The number of piperazine rings is 1. The van der Waals surface area contributed by atoms with E-state index in [1.807, 2.05) is 48.2 Å². The number of nitrogens with one attached hydrogen (secondary N) is 4. The number of H-pyrrole nitrogens is 2. The standard InChI is InChI=1S/C44H59N13O4/c1-30-25-32(26-33-29-47-51-39(30)33)28-36(49-43(60)56-17-10-35(11-18-56)57-38-5-4-12-46-40(38)50-44(57)61)41(58)48-37(27-31-8-15-53(16-9-31)20-19-52(2)3)42(59)55-23-21-54(22-24-55)34-6-13-45-14-7-34/h4-7,12-14,25-26,29,31,35-37H,8-11,15-24,27-28H2,1-3H3,(H,47,51)(H,48,58)(H,49,60)(H,46,50,61)/t36-,37+/m0/s1. The van der Waals surface area contributed by atoms with E-state index in [9.17, 15) is 19.2 Å². The van der Waals surface area contributed by atoms with Gasteiger partial charge in [-0.05, 0) is 114 Å². The molecule has 3 aliphatic heterocycles. The Balaban J connectivity index is 0.988. The lowest BCUT2D eigenvalue weighted by atomic mass is 9.89. The van der Waals surface area contributed by atoms with Crippen LogP contribution in [0.5, 0.6) is 0 Å². The molecule has 3 aliphatic rings. The van der Waals surface area contributed by atoms with Crippen LogP contribution in [-0.2, 0) is 16.0 Å². The molecular formula is C44H59N13O4. The number of hydrogen-bond acceptors (Lipinski definition) is 10. The summed E-state index contributed by atoms with van der Waals surface area (Å²) in [6, 6.07) is 9.51. The molecule has 4 amide bonds. The number of imidazole rings is 1. The Hall–Kier alpha value is -5.81. The first-order valence-corrected chi connectivity index (χ1v) is 21.7. The van der Waals surface area contributed by atoms with E-state index in [1.165, 1.54) is 0 Å². The maximum Gasteiger partial charge on any atom is 0.327 e. The molecule has 2 atom stereocenters. The molecule has 17 heteroatoms. The van der Waals surface area contributed by atoms with E-state index < -0.39 is 12.1 Å². The number of nitrogens with zero attached hydrogens (tertiary/aromatic N) is 9. The molecule has 7 heterocycles. The van der Waals surface area contributed by atoms with Crippen LogP contribution in [0.4, 0.5) is 10.5 Å². The fourth-order valence-corrected chi connectivity index (χ4v) is 9.34. The number of urea groups is 1. The van der Waals surface area contributed by atoms with Crippen LogP contribution in [0, 0.1) is 12.8 Å². The zero-order valence-electron chi connectivity index (χ0n) is 35.6. The molecule has 61 heavy (non-hydrogen) atoms. The number of likely N-dealkylation sites (tertiary alicyclic amines) is 2. The third-order valence-electron chi connectivity index (χ3n) is 12.8. The third kappa shape index (κ3) is 9.89. The lowest BCUT2D eigenvalue weighted by molar-refractivity contribution is -0.137. The summed E-state index contributed by atoms with van der Waals surface area (Å²) >= 11 is 0. The highest BCUT2D eigenvalue weighted by atomic mass is 16.2. The summed E-state index contributed by atoms with van der Waals surface area (Å²) in [5.74, 6) is -0.199. The second kappa shape index (κ2) is 18.8. The first-order valence-electron chi connectivity index (χ1n) is 21.7. The molecule has 4 aromatic heterocycles. The number of carbonyl (C=O) groups excluding carboxylic acids is 3. The Morgan fingerprint density at radius 1 is 0.885 bits per heavy atom. The molecule has 0 saturated carbocycles. The van der Waals surface area contributed by atoms with Gasteiger partial charge in [0.25, 0.3) is 0 Å². The fourth-order valence-electron chi connectivity index (χ4n) is 9.34. The highest BCUT2D eigenvalue weighted by Gasteiger charge is 2.35. The van der Waals surface area contributed by atoms with Crippen LogP contribution in [0.3, 0.4) is 0 Å². The molecule has 4 N–H and O–H groups in total. The molecule has 3 fully saturated rings. The molecule has 0 radical (unpaired) electrons. The van der Waals surface area contributed by atoms with Crippen molar-refractivity contribution in [3.05, 3.63) is 82.8 Å². The van der Waals surface area contributed by atoms with Crippen molar-refractivity contribution in [3.8, 4) is 0 Å². The van der Waals surface area contributed by atoms with Crippen molar-refractivity contribution in [2.24, 2.45) is 5.92 Å². The van der Waals surface area contributed by atoms with E-state index in [2.05, 4.69) is 64.6 Å². The lowest BCUT2D eigenvalue weighted by Crippen LogP contribution is -2.59. The molecule has 324 valence electrons. The van der Waals surface area contributed by atoms with Gasteiger partial charge >= 0.3 is 11.7 Å². The molecular weight excluding hydrogens is 775 g/mol. The second-order valence-corrected chi connectivity index (χ2v) is 17.2. The molecule has 8 rings (SSSR count). The Labute approximate surface area is 355 Å².